The number of aliphatic hydroxyl groups is 1. The van der Waals surface area contributed by atoms with Crippen LogP contribution in [-0.4, -0.2) is 78.0 Å². The molecule has 1 aromatic rings. The van der Waals surface area contributed by atoms with Crippen LogP contribution in [0.25, 0.3) is 0 Å². The first-order chi connectivity index (χ1) is 20.5. The van der Waals surface area contributed by atoms with Crippen molar-refractivity contribution < 1.29 is 28.6 Å². The van der Waals surface area contributed by atoms with Gasteiger partial charge in [0, 0.05) is 50.4 Å². The molecule has 9 heteroatoms. The minimum atomic E-state index is -1.00. The highest BCUT2D eigenvalue weighted by Crippen LogP contribution is 2.71. The quantitative estimate of drug-likeness (QED) is 0.458. The molecule has 1 saturated heterocycles. The zero-order chi connectivity index (χ0) is 30.6. The van der Waals surface area contributed by atoms with Crippen molar-refractivity contribution >= 4 is 12.1 Å². The van der Waals surface area contributed by atoms with Gasteiger partial charge in [0.2, 0.25) is 0 Å². The first-order valence-electron chi connectivity index (χ1n) is 16.6. The van der Waals surface area contributed by atoms with Crippen LogP contribution in [0.4, 0.5) is 4.79 Å². The maximum absolute atomic E-state index is 13.0. The van der Waals surface area contributed by atoms with E-state index in [4.69, 9.17) is 13.9 Å². The summed E-state index contributed by atoms with van der Waals surface area (Å²) in [5.74, 6) is 0.315. The molecule has 0 bridgehead atoms. The van der Waals surface area contributed by atoms with Crippen LogP contribution in [0.1, 0.15) is 96.5 Å². The minimum absolute atomic E-state index is 0.0749. The largest absolute Gasteiger partial charge is 0.462 e. The normalized spacial score (nSPS) is 40.7. The number of amides is 1. The molecule has 9 nitrogen and oxygen atoms in total. The van der Waals surface area contributed by atoms with E-state index in [0.29, 0.717) is 24.9 Å². The Morgan fingerprint density at radius 1 is 1.09 bits per heavy atom. The second-order valence-electron chi connectivity index (χ2n) is 14.8. The number of ether oxygens (including phenoxy) is 2. The molecule has 1 aliphatic heterocycles. The average molecular weight is 599 g/mol. The van der Waals surface area contributed by atoms with Gasteiger partial charge in [-0.25, -0.2) is 9.59 Å². The van der Waals surface area contributed by atoms with Crippen LogP contribution < -0.4 is 5.63 Å². The molecule has 1 N–H and O–H groups in total. The second kappa shape index (κ2) is 11.5. The Kier molecular flexibility index (Phi) is 8.20. The molecule has 1 aromatic heterocycles. The monoisotopic (exact) mass is 598 g/mol. The van der Waals surface area contributed by atoms with Gasteiger partial charge in [-0.15, -0.1) is 0 Å². The van der Waals surface area contributed by atoms with E-state index in [2.05, 4.69) is 18.7 Å². The summed E-state index contributed by atoms with van der Waals surface area (Å²) in [6.45, 7) is 9.45. The minimum Gasteiger partial charge on any atom is -0.462 e. The van der Waals surface area contributed by atoms with Gasteiger partial charge in [0.15, 0.2) is 0 Å². The molecule has 6 rings (SSSR count). The van der Waals surface area contributed by atoms with E-state index in [1.807, 2.05) is 11.9 Å². The van der Waals surface area contributed by atoms with E-state index in [-0.39, 0.29) is 35.4 Å². The third-order valence-electron chi connectivity index (χ3n) is 12.9. The summed E-state index contributed by atoms with van der Waals surface area (Å²) in [5.41, 5.74) is -1.06. The Morgan fingerprint density at radius 2 is 1.86 bits per heavy atom. The van der Waals surface area contributed by atoms with Crippen molar-refractivity contribution in [3.05, 3.63) is 34.4 Å². The van der Waals surface area contributed by atoms with E-state index in [9.17, 15) is 19.5 Å². The molecule has 9 atom stereocenters. The fraction of sp³-hybridized carbons (Fsp3) is 0.794. The Balaban J connectivity index is 1.17. The molecular formula is C34H50N2O7. The summed E-state index contributed by atoms with van der Waals surface area (Å²) in [7, 11) is 1.89. The van der Waals surface area contributed by atoms with Crippen LogP contribution in [0, 0.1) is 28.6 Å². The molecule has 0 radical (unpaired) electrons. The Bertz CT molecular complexity index is 1240. The van der Waals surface area contributed by atoms with Crippen LogP contribution in [0.5, 0.6) is 0 Å². The van der Waals surface area contributed by atoms with Gasteiger partial charge in [-0.1, -0.05) is 13.8 Å². The van der Waals surface area contributed by atoms with Crippen molar-refractivity contribution in [1.82, 2.24) is 9.80 Å². The van der Waals surface area contributed by atoms with E-state index in [1.165, 1.54) is 32.1 Å². The summed E-state index contributed by atoms with van der Waals surface area (Å²) in [6.07, 6.45) is 10.3. The number of hydrogen-bond donors (Lipinski definition) is 1. The van der Waals surface area contributed by atoms with Crippen LogP contribution in [-0.2, 0) is 14.3 Å². The van der Waals surface area contributed by atoms with Crippen LogP contribution in [0.15, 0.2) is 27.6 Å². The second-order valence-corrected chi connectivity index (χ2v) is 14.8. The molecule has 5 aliphatic rings. The number of likely N-dealkylation sites (tertiary alicyclic amines) is 1. The summed E-state index contributed by atoms with van der Waals surface area (Å²) >= 11 is 0. The highest BCUT2D eigenvalue weighted by Gasteiger charge is 2.70. The van der Waals surface area contributed by atoms with Crippen molar-refractivity contribution in [1.29, 1.82) is 0 Å². The van der Waals surface area contributed by atoms with Gasteiger partial charge in [0.1, 0.15) is 12.7 Å². The molecule has 4 saturated carbocycles. The fourth-order valence-corrected chi connectivity index (χ4v) is 10.5. The first kappa shape index (κ1) is 30.6. The molecule has 0 spiro atoms. The molecule has 1 amide bonds. The van der Waals surface area contributed by atoms with E-state index >= 15 is 0 Å². The summed E-state index contributed by atoms with van der Waals surface area (Å²) < 4.78 is 16.8. The van der Waals surface area contributed by atoms with Gasteiger partial charge in [-0.2, -0.15) is 0 Å². The SMILES string of the molecule is CC(=O)OC1CC2(O)C3CCC4CC(N(C)C(=O)OCCN5CCCC5)CCC4(C)C3CCC2(C)C1c1ccc(=O)oc1. The number of carbonyl (C=O) groups is 2. The predicted octanol–water partition coefficient (Wildman–Crippen LogP) is 4.96. The fourth-order valence-electron chi connectivity index (χ4n) is 10.5. The summed E-state index contributed by atoms with van der Waals surface area (Å²) in [5, 5.41) is 12.8. The summed E-state index contributed by atoms with van der Waals surface area (Å²) in [6, 6.07) is 3.35. The maximum atomic E-state index is 13.0. The van der Waals surface area contributed by atoms with E-state index in [0.717, 1.165) is 70.1 Å². The van der Waals surface area contributed by atoms with Crippen molar-refractivity contribution in [2.45, 2.75) is 109 Å². The number of fused-ring (bicyclic) bond motifs is 5. The summed E-state index contributed by atoms with van der Waals surface area (Å²) in [4.78, 5) is 41.1. The molecule has 0 aromatic carbocycles. The number of rotatable bonds is 6. The highest BCUT2D eigenvalue weighted by atomic mass is 16.6. The third kappa shape index (κ3) is 5.22. The van der Waals surface area contributed by atoms with Gasteiger partial charge in [0.05, 0.1) is 11.9 Å². The van der Waals surface area contributed by atoms with Crippen LogP contribution >= 0.6 is 0 Å². The Labute approximate surface area is 255 Å². The van der Waals surface area contributed by atoms with E-state index in [1.54, 1.807) is 6.07 Å². The first-order valence-corrected chi connectivity index (χ1v) is 16.6. The van der Waals surface area contributed by atoms with Gasteiger partial charge in [0.25, 0.3) is 0 Å². The van der Waals surface area contributed by atoms with Crippen LogP contribution in [0.2, 0.25) is 0 Å². The number of hydrogen-bond acceptors (Lipinski definition) is 8. The van der Waals surface area contributed by atoms with Gasteiger partial charge in [-0.05, 0) is 106 Å². The van der Waals surface area contributed by atoms with Crippen molar-refractivity contribution in [3.63, 3.8) is 0 Å². The van der Waals surface area contributed by atoms with E-state index < -0.39 is 22.7 Å². The van der Waals surface area contributed by atoms with Crippen molar-refractivity contribution in [2.24, 2.45) is 28.6 Å². The zero-order valence-corrected chi connectivity index (χ0v) is 26.4. The highest BCUT2D eigenvalue weighted by molar-refractivity contribution is 5.67. The molecule has 2 heterocycles. The molecule has 43 heavy (non-hydrogen) atoms. The molecule has 238 valence electrons. The van der Waals surface area contributed by atoms with Gasteiger partial charge >= 0.3 is 17.7 Å². The smallest absolute Gasteiger partial charge is 0.409 e. The average Bonchev–Trinajstić information content (AvgIpc) is 3.56. The number of carbonyl (C=O) groups excluding carboxylic acids is 2. The molecular weight excluding hydrogens is 548 g/mol. The number of nitrogens with zero attached hydrogens (tertiary/aromatic N) is 2. The maximum Gasteiger partial charge on any atom is 0.409 e. The molecule has 5 fully saturated rings. The van der Waals surface area contributed by atoms with Crippen molar-refractivity contribution in [3.8, 4) is 0 Å². The zero-order valence-electron chi connectivity index (χ0n) is 26.4. The number of esters is 1. The predicted molar refractivity (Wildman–Crippen MR) is 160 cm³/mol. The van der Waals surface area contributed by atoms with Crippen LogP contribution in [0.3, 0.4) is 0 Å². The lowest BCUT2D eigenvalue weighted by Gasteiger charge is -2.63. The molecule has 9 unspecified atom stereocenters. The topological polar surface area (TPSA) is 110 Å². The lowest BCUT2D eigenvalue weighted by molar-refractivity contribution is -0.203. The standard InChI is InChI=1S/C34H50N2O7/c1-22(37)43-28-20-34(40)27-9-8-24-19-25(35(4)31(39)41-18-17-36-15-5-6-16-36)11-13-32(24,2)26(27)12-14-33(34,3)30(28)23-7-10-29(38)42-21-23/h7,10,21,24-28,30,40H,5-6,8-9,11-20H2,1-4H3. The Hall–Kier alpha value is -2.39. The lowest BCUT2D eigenvalue weighted by Crippen LogP contribution is -2.62. The lowest BCUT2D eigenvalue weighted by atomic mass is 9.43. The van der Waals surface area contributed by atoms with Gasteiger partial charge < -0.3 is 23.9 Å². The van der Waals surface area contributed by atoms with Gasteiger partial charge in [-0.3, -0.25) is 9.69 Å². The van der Waals surface area contributed by atoms with Crippen molar-refractivity contribution in [2.75, 3.05) is 33.3 Å². The third-order valence-corrected chi connectivity index (χ3v) is 12.9. The molecule has 4 aliphatic carbocycles. The Morgan fingerprint density at radius 3 is 2.56 bits per heavy atom.